The number of nitro benzene ring substituents is 1. The SMILES string of the molecule is Cc1cnc(CNc2ccc([N+](=O)[O-])cc2C)cn1. The Labute approximate surface area is 110 Å². The van der Waals surface area contributed by atoms with Crippen LogP contribution in [0.1, 0.15) is 17.0 Å². The number of benzene rings is 1. The molecule has 0 unspecified atom stereocenters. The lowest BCUT2D eigenvalue weighted by molar-refractivity contribution is -0.384. The second kappa shape index (κ2) is 5.43. The van der Waals surface area contributed by atoms with E-state index >= 15 is 0 Å². The van der Waals surface area contributed by atoms with Gasteiger partial charge in [0.05, 0.1) is 29.1 Å². The maximum Gasteiger partial charge on any atom is 0.269 e. The van der Waals surface area contributed by atoms with Crippen molar-refractivity contribution >= 4 is 11.4 Å². The Morgan fingerprint density at radius 3 is 2.63 bits per heavy atom. The van der Waals surface area contributed by atoms with E-state index in [1.807, 2.05) is 13.8 Å². The molecule has 1 aromatic carbocycles. The van der Waals surface area contributed by atoms with Gasteiger partial charge in [0.1, 0.15) is 0 Å². The van der Waals surface area contributed by atoms with Crippen LogP contribution in [-0.4, -0.2) is 14.9 Å². The van der Waals surface area contributed by atoms with Crippen LogP contribution in [0, 0.1) is 24.0 Å². The first kappa shape index (κ1) is 12.9. The first-order valence-corrected chi connectivity index (χ1v) is 5.82. The van der Waals surface area contributed by atoms with Gasteiger partial charge in [-0.1, -0.05) is 0 Å². The average molecular weight is 258 g/mol. The van der Waals surface area contributed by atoms with Gasteiger partial charge in [-0.15, -0.1) is 0 Å². The Bertz CT molecular complexity index is 596. The summed E-state index contributed by atoms with van der Waals surface area (Å²) in [5.41, 5.74) is 3.47. The summed E-state index contributed by atoms with van der Waals surface area (Å²) >= 11 is 0. The zero-order valence-corrected chi connectivity index (χ0v) is 10.8. The van der Waals surface area contributed by atoms with Gasteiger partial charge in [0.25, 0.3) is 5.69 Å². The van der Waals surface area contributed by atoms with E-state index in [4.69, 9.17) is 0 Å². The minimum Gasteiger partial charge on any atom is -0.379 e. The van der Waals surface area contributed by atoms with Crippen LogP contribution >= 0.6 is 0 Å². The third kappa shape index (κ3) is 3.25. The third-order valence-electron chi connectivity index (χ3n) is 2.72. The van der Waals surface area contributed by atoms with Gasteiger partial charge >= 0.3 is 0 Å². The standard InChI is InChI=1S/C13H14N4O2/c1-9-5-12(17(18)19)3-4-13(9)16-8-11-7-14-10(2)6-15-11/h3-7,16H,8H2,1-2H3. The molecule has 2 aromatic rings. The largest absolute Gasteiger partial charge is 0.379 e. The highest BCUT2D eigenvalue weighted by Crippen LogP contribution is 2.21. The summed E-state index contributed by atoms with van der Waals surface area (Å²) in [4.78, 5) is 18.6. The minimum absolute atomic E-state index is 0.0955. The van der Waals surface area contributed by atoms with Crippen molar-refractivity contribution in [3.63, 3.8) is 0 Å². The number of aromatic nitrogens is 2. The van der Waals surface area contributed by atoms with Crippen molar-refractivity contribution in [3.05, 3.63) is 57.7 Å². The van der Waals surface area contributed by atoms with Crippen LogP contribution in [-0.2, 0) is 6.54 Å². The quantitative estimate of drug-likeness (QED) is 0.673. The van der Waals surface area contributed by atoms with Gasteiger partial charge in [-0.05, 0) is 25.5 Å². The van der Waals surface area contributed by atoms with Crippen molar-refractivity contribution in [1.29, 1.82) is 0 Å². The number of nitrogens with one attached hydrogen (secondary N) is 1. The Morgan fingerprint density at radius 2 is 2.05 bits per heavy atom. The van der Waals surface area contributed by atoms with Gasteiger partial charge < -0.3 is 5.32 Å². The number of hydrogen-bond donors (Lipinski definition) is 1. The number of nitro groups is 1. The molecule has 0 aliphatic heterocycles. The molecule has 1 aromatic heterocycles. The van der Waals surface area contributed by atoms with E-state index in [-0.39, 0.29) is 5.69 Å². The zero-order valence-electron chi connectivity index (χ0n) is 10.8. The van der Waals surface area contributed by atoms with Crippen molar-refractivity contribution in [1.82, 2.24) is 9.97 Å². The summed E-state index contributed by atoms with van der Waals surface area (Å²) in [5, 5.41) is 13.8. The first-order valence-electron chi connectivity index (χ1n) is 5.82. The summed E-state index contributed by atoms with van der Waals surface area (Å²) in [6.45, 7) is 4.24. The number of non-ortho nitro benzene ring substituents is 1. The molecule has 0 bridgehead atoms. The molecule has 0 amide bonds. The number of nitrogens with zero attached hydrogens (tertiary/aromatic N) is 3. The molecule has 0 aliphatic rings. The Balaban J connectivity index is 2.07. The van der Waals surface area contributed by atoms with Crippen LogP contribution in [0.3, 0.4) is 0 Å². The molecule has 98 valence electrons. The molecule has 6 nitrogen and oxygen atoms in total. The maximum absolute atomic E-state index is 10.6. The minimum atomic E-state index is -0.401. The highest BCUT2D eigenvalue weighted by atomic mass is 16.6. The maximum atomic E-state index is 10.6. The monoisotopic (exact) mass is 258 g/mol. The predicted molar refractivity (Wildman–Crippen MR) is 71.9 cm³/mol. The molecule has 0 atom stereocenters. The van der Waals surface area contributed by atoms with Gasteiger partial charge in [0.2, 0.25) is 0 Å². The van der Waals surface area contributed by atoms with Crippen LogP contribution in [0.15, 0.2) is 30.6 Å². The molecule has 0 radical (unpaired) electrons. The molecule has 0 saturated carbocycles. The van der Waals surface area contributed by atoms with E-state index in [2.05, 4.69) is 15.3 Å². The number of anilines is 1. The van der Waals surface area contributed by atoms with E-state index in [1.54, 1.807) is 24.5 Å². The van der Waals surface area contributed by atoms with Crippen LogP contribution < -0.4 is 5.32 Å². The molecular formula is C13H14N4O2. The van der Waals surface area contributed by atoms with Gasteiger partial charge in [-0.25, -0.2) is 0 Å². The molecule has 1 N–H and O–H groups in total. The van der Waals surface area contributed by atoms with Crippen molar-refractivity contribution in [2.45, 2.75) is 20.4 Å². The smallest absolute Gasteiger partial charge is 0.269 e. The fourth-order valence-electron chi connectivity index (χ4n) is 1.66. The van der Waals surface area contributed by atoms with Crippen molar-refractivity contribution in [2.75, 3.05) is 5.32 Å². The van der Waals surface area contributed by atoms with E-state index in [0.717, 1.165) is 22.6 Å². The summed E-state index contributed by atoms with van der Waals surface area (Å²) in [6.07, 6.45) is 3.42. The van der Waals surface area contributed by atoms with Crippen molar-refractivity contribution in [2.24, 2.45) is 0 Å². The van der Waals surface area contributed by atoms with E-state index in [1.165, 1.54) is 6.07 Å². The molecular weight excluding hydrogens is 244 g/mol. The molecule has 19 heavy (non-hydrogen) atoms. The summed E-state index contributed by atoms with van der Waals surface area (Å²) in [7, 11) is 0. The molecule has 2 rings (SSSR count). The van der Waals surface area contributed by atoms with E-state index in [0.29, 0.717) is 6.54 Å². The second-order valence-corrected chi connectivity index (χ2v) is 4.26. The van der Waals surface area contributed by atoms with Gasteiger partial charge in [-0.3, -0.25) is 20.1 Å². The number of rotatable bonds is 4. The molecule has 1 heterocycles. The first-order chi connectivity index (χ1) is 9.06. The topological polar surface area (TPSA) is 81.0 Å². The van der Waals surface area contributed by atoms with Gasteiger partial charge in [0.15, 0.2) is 0 Å². The normalized spacial score (nSPS) is 10.2. The number of aryl methyl sites for hydroxylation is 2. The molecule has 0 spiro atoms. The summed E-state index contributed by atoms with van der Waals surface area (Å²) in [6, 6.07) is 4.73. The lowest BCUT2D eigenvalue weighted by Gasteiger charge is -2.08. The highest BCUT2D eigenvalue weighted by Gasteiger charge is 2.07. The highest BCUT2D eigenvalue weighted by molar-refractivity contribution is 5.55. The van der Waals surface area contributed by atoms with Crippen LogP contribution in [0.5, 0.6) is 0 Å². The fraction of sp³-hybridized carbons (Fsp3) is 0.231. The lowest BCUT2D eigenvalue weighted by Crippen LogP contribution is -2.04. The Morgan fingerprint density at radius 1 is 1.26 bits per heavy atom. The van der Waals surface area contributed by atoms with Crippen molar-refractivity contribution < 1.29 is 4.92 Å². The molecule has 0 aliphatic carbocycles. The molecule has 0 saturated heterocycles. The third-order valence-corrected chi connectivity index (χ3v) is 2.72. The Kier molecular flexibility index (Phi) is 3.70. The second-order valence-electron chi connectivity index (χ2n) is 4.26. The molecule has 0 fully saturated rings. The summed E-state index contributed by atoms with van der Waals surface area (Å²) < 4.78 is 0. The fourth-order valence-corrected chi connectivity index (χ4v) is 1.66. The average Bonchev–Trinajstić information content (AvgIpc) is 2.39. The Hall–Kier alpha value is -2.50. The van der Waals surface area contributed by atoms with Crippen LogP contribution in [0.2, 0.25) is 0 Å². The summed E-state index contributed by atoms with van der Waals surface area (Å²) in [5.74, 6) is 0. The number of hydrogen-bond acceptors (Lipinski definition) is 5. The lowest BCUT2D eigenvalue weighted by atomic mass is 10.2. The van der Waals surface area contributed by atoms with Gasteiger partial charge in [-0.2, -0.15) is 0 Å². The van der Waals surface area contributed by atoms with Gasteiger partial charge in [0, 0.05) is 24.0 Å². The van der Waals surface area contributed by atoms with Crippen LogP contribution in [0.4, 0.5) is 11.4 Å². The van der Waals surface area contributed by atoms with Crippen molar-refractivity contribution in [3.8, 4) is 0 Å². The van der Waals surface area contributed by atoms with E-state index < -0.39 is 4.92 Å². The predicted octanol–water partition coefficient (Wildman–Crippen LogP) is 2.61. The molecule has 6 heteroatoms. The van der Waals surface area contributed by atoms with E-state index in [9.17, 15) is 10.1 Å². The van der Waals surface area contributed by atoms with Crippen LogP contribution in [0.25, 0.3) is 0 Å². The zero-order chi connectivity index (χ0) is 13.8.